The molecule has 0 unspecified atom stereocenters. The molecule has 104 valence electrons. The molecule has 0 heterocycles. The molecule has 2 aromatic rings. The first-order valence-electron chi connectivity index (χ1n) is 6.10. The van der Waals surface area contributed by atoms with Gasteiger partial charge in [-0.15, -0.1) is 0 Å². The Bertz CT molecular complexity index is 602. The molecule has 0 spiro atoms. The van der Waals surface area contributed by atoms with Crippen molar-refractivity contribution in [3.8, 4) is 22.6 Å². The summed E-state index contributed by atoms with van der Waals surface area (Å²) >= 11 is 0. The highest BCUT2D eigenvalue weighted by molar-refractivity contribution is 5.90. The van der Waals surface area contributed by atoms with Crippen molar-refractivity contribution in [3.63, 3.8) is 0 Å². The standard InChI is InChI=1S/C16H16O4/c1-18-13-8-9-15(19-2)14(10-13)11-4-6-12(7-5-11)16(17)20-3/h4-10H,1-3H3. The Kier molecular flexibility index (Phi) is 4.25. The summed E-state index contributed by atoms with van der Waals surface area (Å²) < 4.78 is 15.3. The van der Waals surface area contributed by atoms with Crippen molar-refractivity contribution in [2.75, 3.05) is 21.3 Å². The minimum absolute atomic E-state index is 0.353. The molecule has 0 aliphatic heterocycles. The van der Waals surface area contributed by atoms with E-state index in [0.29, 0.717) is 5.56 Å². The Balaban J connectivity index is 2.42. The molecule has 4 nitrogen and oxygen atoms in total. The minimum atomic E-state index is -0.353. The quantitative estimate of drug-likeness (QED) is 0.802. The van der Waals surface area contributed by atoms with Crippen molar-refractivity contribution in [3.05, 3.63) is 48.0 Å². The van der Waals surface area contributed by atoms with Crippen molar-refractivity contribution < 1.29 is 19.0 Å². The Morgan fingerprint density at radius 1 is 0.900 bits per heavy atom. The summed E-state index contributed by atoms with van der Waals surface area (Å²) in [6, 6.07) is 12.7. The van der Waals surface area contributed by atoms with E-state index in [1.807, 2.05) is 30.3 Å². The van der Waals surface area contributed by atoms with E-state index in [9.17, 15) is 4.79 Å². The summed E-state index contributed by atoms with van der Waals surface area (Å²) in [6.45, 7) is 0. The highest BCUT2D eigenvalue weighted by Gasteiger charge is 2.09. The third-order valence-corrected chi connectivity index (χ3v) is 3.02. The SMILES string of the molecule is COC(=O)c1ccc(-c2cc(OC)ccc2OC)cc1. The molecule has 20 heavy (non-hydrogen) atoms. The maximum Gasteiger partial charge on any atom is 0.337 e. The molecule has 0 fully saturated rings. The molecule has 4 heteroatoms. The van der Waals surface area contributed by atoms with E-state index in [0.717, 1.165) is 22.6 Å². The van der Waals surface area contributed by atoms with Gasteiger partial charge in [-0.05, 0) is 35.9 Å². The second-order valence-corrected chi connectivity index (χ2v) is 4.14. The van der Waals surface area contributed by atoms with E-state index >= 15 is 0 Å². The topological polar surface area (TPSA) is 44.8 Å². The second-order valence-electron chi connectivity index (χ2n) is 4.14. The van der Waals surface area contributed by atoms with E-state index in [1.54, 1.807) is 26.4 Å². The van der Waals surface area contributed by atoms with Crippen LogP contribution in [0.3, 0.4) is 0 Å². The number of esters is 1. The number of carbonyl (C=O) groups is 1. The summed E-state index contributed by atoms with van der Waals surface area (Å²) in [6.07, 6.45) is 0. The molecule has 0 amide bonds. The first-order valence-corrected chi connectivity index (χ1v) is 6.10. The molecule has 0 aliphatic rings. The zero-order chi connectivity index (χ0) is 14.5. The van der Waals surface area contributed by atoms with Crippen LogP contribution in [0.15, 0.2) is 42.5 Å². The predicted molar refractivity (Wildman–Crippen MR) is 76.3 cm³/mol. The van der Waals surface area contributed by atoms with Crippen LogP contribution in [-0.4, -0.2) is 27.3 Å². The lowest BCUT2D eigenvalue weighted by Crippen LogP contribution is -2.00. The summed E-state index contributed by atoms with van der Waals surface area (Å²) in [4.78, 5) is 11.4. The molecule has 2 aromatic carbocycles. The third-order valence-electron chi connectivity index (χ3n) is 3.02. The Hall–Kier alpha value is -2.49. The Labute approximate surface area is 117 Å². The van der Waals surface area contributed by atoms with Gasteiger partial charge < -0.3 is 14.2 Å². The van der Waals surface area contributed by atoms with Crippen molar-refractivity contribution in [1.82, 2.24) is 0 Å². The lowest BCUT2D eigenvalue weighted by molar-refractivity contribution is 0.0601. The fourth-order valence-corrected chi connectivity index (χ4v) is 1.94. The second kappa shape index (κ2) is 6.10. The van der Waals surface area contributed by atoms with Gasteiger partial charge >= 0.3 is 5.97 Å². The van der Waals surface area contributed by atoms with Gasteiger partial charge in [0.2, 0.25) is 0 Å². The Morgan fingerprint density at radius 2 is 1.60 bits per heavy atom. The molecular weight excluding hydrogens is 256 g/mol. The molecule has 0 N–H and O–H groups in total. The third kappa shape index (κ3) is 2.74. The van der Waals surface area contributed by atoms with Gasteiger partial charge in [-0.1, -0.05) is 12.1 Å². The van der Waals surface area contributed by atoms with Crippen molar-refractivity contribution in [1.29, 1.82) is 0 Å². The van der Waals surface area contributed by atoms with Gasteiger partial charge in [-0.3, -0.25) is 0 Å². The first kappa shape index (κ1) is 13.9. The van der Waals surface area contributed by atoms with Gasteiger partial charge in [0.1, 0.15) is 11.5 Å². The van der Waals surface area contributed by atoms with Crippen LogP contribution in [0.25, 0.3) is 11.1 Å². The average Bonchev–Trinajstić information content (AvgIpc) is 2.53. The summed E-state index contributed by atoms with van der Waals surface area (Å²) in [7, 11) is 4.60. The van der Waals surface area contributed by atoms with Crippen LogP contribution in [0, 0.1) is 0 Å². The number of methoxy groups -OCH3 is 3. The number of hydrogen-bond acceptors (Lipinski definition) is 4. The van der Waals surface area contributed by atoms with Crippen LogP contribution in [0.2, 0.25) is 0 Å². The fraction of sp³-hybridized carbons (Fsp3) is 0.188. The fourth-order valence-electron chi connectivity index (χ4n) is 1.94. The van der Waals surface area contributed by atoms with Crippen molar-refractivity contribution >= 4 is 5.97 Å². The zero-order valence-corrected chi connectivity index (χ0v) is 11.7. The van der Waals surface area contributed by atoms with E-state index in [2.05, 4.69) is 4.74 Å². The molecule has 0 radical (unpaired) electrons. The number of rotatable bonds is 4. The van der Waals surface area contributed by atoms with Gasteiger partial charge in [0.15, 0.2) is 0 Å². The van der Waals surface area contributed by atoms with E-state index < -0.39 is 0 Å². The van der Waals surface area contributed by atoms with Crippen molar-refractivity contribution in [2.45, 2.75) is 0 Å². The first-order chi connectivity index (χ1) is 9.69. The molecule has 2 rings (SSSR count). The van der Waals surface area contributed by atoms with Gasteiger partial charge in [-0.2, -0.15) is 0 Å². The van der Waals surface area contributed by atoms with E-state index in [4.69, 9.17) is 9.47 Å². The van der Waals surface area contributed by atoms with Crippen LogP contribution in [-0.2, 0) is 4.74 Å². The largest absolute Gasteiger partial charge is 0.497 e. The highest BCUT2D eigenvalue weighted by atomic mass is 16.5. The molecule has 0 aromatic heterocycles. The lowest BCUT2D eigenvalue weighted by atomic mass is 10.0. The van der Waals surface area contributed by atoms with Gasteiger partial charge in [-0.25, -0.2) is 4.79 Å². The van der Waals surface area contributed by atoms with Crippen molar-refractivity contribution in [2.24, 2.45) is 0 Å². The monoisotopic (exact) mass is 272 g/mol. The normalized spacial score (nSPS) is 9.95. The van der Waals surface area contributed by atoms with Gasteiger partial charge in [0.25, 0.3) is 0 Å². The average molecular weight is 272 g/mol. The molecule has 0 atom stereocenters. The lowest BCUT2D eigenvalue weighted by Gasteiger charge is -2.11. The molecule has 0 saturated heterocycles. The minimum Gasteiger partial charge on any atom is -0.497 e. The van der Waals surface area contributed by atoms with Crippen LogP contribution >= 0.6 is 0 Å². The molecule has 0 saturated carbocycles. The van der Waals surface area contributed by atoms with E-state index in [1.165, 1.54) is 7.11 Å². The number of benzene rings is 2. The van der Waals surface area contributed by atoms with Gasteiger partial charge in [0, 0.05) is 5.56 Å². The van der Waals surface area contributed by atoms with Crippen LogP contribution in [0.4, 0.5) is 0 Å². The maximum atomic E-state index is 11.4. The zero-order valence-electron chi connectivity index (χ0n) is 11.7. The summed E-state index contributed by atoms with van der Waals surface area (Å²) in [5.41, 5.74) is 2.36. The summed E-state index contributed by atoms with van der Waals surface area (Å²) in [5, 5.41) is 0. The van der Waals surface area contributed by atoms with Gasteiger partial charge in [0.05, 0.1) is 26.9 Å². The maximum absolute atomic E-state index is 11.4. The smallest absolute Gasteiger partial charge is 0.337 e. The number of hydrogen-bond donors (Lipinski definition) is 0. The molecular formula is C16H16O4. The van der Waals surface area contributed by atoms with E-state index in [-0.39, 0.29) is 5.97 Å². The highest BCUT2D eigenvalue weighted by Crippen LogP contribution is 2.33. The summed E-state index contributed by atoms with van der Waals surface area (Å²) in [5.74, 6) is 1.14. The predicted octanol–water partition coefficient (Wildman–Crippen LogP) is 3.16. The van der Waals surface area contributed by atoms with Crippen LogP contribution in [0.5, 0.6) is 11.5 Å². The number of ether oxygens (including phenoxy) is 3. The molecule has 0 bridgehead atoms. The molecule has 0 aliphatic carbocycles. The Morgan fingerprint density at radius 3 is 2.15 bits per heavy atom. The van der Waals surface area contributed by atoms with Crippen LogP contribution < -0.4 is 9.47 Å². The van der Waals surface area contributed by atoms with Crippen LogP contribution in [0.1, 0.15) is 10.4 Å². The number of carbonyl (C=O) groups excluding carboxylic acids is 1.